The molecule has 132 valence electrons. The maximum Gasteiger partial charge on any atom is 0.273 e. The largest absolute Gasteiger partial charge is 0.461 e. The number of aryl methyl sites for hydroxylation is 1. The lowest BCUT2D eigenvalue weighted by molar-refractivity contribution is 0.0930. The third-order valence-corrected chi connectivity index (χ3v) is 3.95. The van der Waals surface area contributed by atoms with E-state index in [1.165, 1.54) is 6.26 Å². The molecule has 1 unspecified atom stereocenters. The third kappa shape index (κ3) is 3.50. The Labute approximate surface area is 146 Å². The molecule has 1 amide bonds. The summed E-state index contributed by atoms with van der Waals surface area (Å²) >= 11 is 0. The van der Waals surface area contributed by atoms with Crippen LogP contribution in [-0.2, 0) is 5.54 Å². The number of aromatic nitrogens is 3. The van der Waals surface area contributed by atoms with Gasteiger partial charge in [-0.3, -0.25) is 9.48 Å². The van der Waals surface area contributed by atoms with Gasteiger partial charge >= 0.3 is 0 Å². The summed E-state index contributed by atoms with van der Waals surface area (Å²) in [6.45, 7) is 10.1. The maximum absolute atomic E-state index is 12.4. The minimum absolute atomic E-state index is 0.114. The molecule has 1 N–H and O–H groups in total. The first-order valence-corrected chi connectivity index (χ1v) is 8.14. The fourth-order valence-electron chi connectivity index (χ4n) is 2.51. The highest BCUT2D eigenvalue weighted by Gasteiger charge is 2.22. The number of hydrogen-bond acceptors (Lipinski definition) is 5. The summed E-state index contributed by atoms with van der Waals surface area (Å²) in [5.41, 5.74) is 1.95. The lowest BCUT2D eigenvalue weighted by atomic mass is 10.1. The number of furan rings is 1. The summed E-state index contributed by atoms with van der Waals surface area (Å²) in [4.78, 5) is 12.4. The van der Waals surface area contributed by atoms with Crippen LogP contribution in [0, 0.1) is 6.92 Å². The molecular formula is C18H22N4O3. The Morgan fingerprint density at radius 3 is 2.68 bits per heavy atom. The van der Waals surface area contributed by atoms with Crippen LogP contribution in [-0.4, -0.2) is 20.8 Å². The molecular weight excluding hydrogens is 320 g/mol. The monoisotopic (exact) mass is 342 g/mol. The normalized spacial score (nSPS) is 13.0. The molecule has 0 radical (unpaired) electrons. The maximum atomic E-state index is 12.4. The van der Waals surface area contributed by atoms with Crippen LogP contribution >= 0.6 is 0 Å². The Bertz CT molecular complexity index is 869. The molecule has 0 fully saturated rings. The van der Waals surface area contributed by atoms with Crippen LogP contribution in [0.5, 0.6) is 0 Å². The minimum atomic E-state index is -0.308. The molecule has 0 aliphatic heterocycles. The molecule has 1 atom stereocenters. The van der Waals surface area contributed by atoms with Crippen molar-refractivity contribution in [3.8, 4) is 11.5 Å². The van der Waals surface area contributed by atoms with Crippen LogP contribution < -0.4 is 5.32 Å². The highest BCUT2D eigenvalue weighted by Crippen LogP contribution is 2.23. The standard InChI is InChI=1S/C18H22N4O3/c1-11(13-10-22(18(3,4)5)20-12(13)2)19-17(23)14-9-16(25-21-14)15-7-6-8-24-15/h6-11H,1-5H3,(H,19,23). The van der Waals surface area contributed by atoms with Crippen molar-refractivity contribution in [2.75, 3.05) is 0 Å². The third-order valence-electron chi connectivity index (χ3n) is 3.95. The van der Waals surface area contributed by atoms with Gasteiger partial charge in [0.15, 0.2) is 11.5 Å². The quantitative estimate of drug-likeness (QED) is 0.781. The van der Waals surface area contributed by atoms with Crippen molar-refractivity contribution in [3.63, 3.8) is 0 Å². The molecule has 3 heterocycles. The van der Waals surface area contributed by atoms with E-state index >= 15 is 0 Å². The molecule has 7 heteroatoms. The van der Waals surface area contributed by atoms with E-state index in [1.54, 1.807) is 18.2 Å². The molecule has 0 aliphatic rings. The van der Waals surface area contributed by atoms with Gasteiger partial charge in [-0.25, -0.2) is 0 Å². The topological polar surface area (TPSA) is 86.1 Å². The van der Waals surface area contributed by atoms with E-state index in [9.17, 15) is 4.79 Å². The summed E-state index contributed by atoms with van der Waals surface area (Å²) in [7, 11) is 0. The van der Waals surface area contributed by atoms with E-state index in [4.69, 9.17) is 8.94 Å². The number of nitrogens with one attached hydrogen (secondary N) is 1. The first-order valence-electron chi connectivity index (χ1n) is 8.14. The van der Waals surface area contributed by atoms with Crippen LogP contribution in [0.1, 0.15) is 55.5 Å². The lowest BCUT2D eigenvalue weighted by Crippen LogP contribution is -2.27. The molecule has 3 rings (SSSR count). The van der Waals surface area contributed by atoms with E-state index in [0.29, 0.717) is 11.5 Å². The van der Waals surface area contributed by atoms with E-state index in [0.717, 1.165) is 11.3 Å². The van der Waals surface area contributed by atoms with Gasteiger partial charge in [0.25, 0.3) is 5.91 Å². The van der Waals surface area contributed by atoms with Crippen LogP contribution in [0.2, 0.25) is 0 Å². The Morgan fingerprint density at radius 2 is 2.08 bits per heavy atom. The van der Waals surface area contributed by atoms with Gasteiger partial charge < -0.3 is 14.3 Å². The van der Waals surface area contributed by atoms with Crippen molar-refractivity contribution in [1.82, 2.24) is 20.3 Å². The summed E-state index contributed by atoms with van der Waals surface area (Å²) in [5.74, 6) is 0.637. The molecule has 0 saturated carbocycles. The van der Waals surface area contributed by atoms with E-state index < -0.39 is 0 Å². The predicted molar refractivity (Wildman–Crippen MR) is 92.0 cm³/mol. The SMILES string of the molecule is Cc1nn(C(C)(C)C)cc1C(C)NC(=O)c1cc(-c2ccco2)on1. The lowest BCUT2D eigenvalue weighted by Gasteiger charge is -2.19. The Morgan fingerprint density at radius 1 is 1.32 bits per heavy atom. The van der Waals surface area contributed by atoms with Gasteiger partial charge in [0.05, 0.1) is 23.5 Å². The van der Waals surface area contributed by atoms with Gasteiger partial charge in [-0.2, -0.15) is 5.10 Å². The van der Waals surface area contributed by atoms with Crippen molar-refractivity contribution in [1.29, 1.82) is 0 Å². The van der Waals surface area contributed by atoms with Crippen molar-refractivity contribution in [2.45, 2.75) is 46.2 Å². The minimum Gasteiger partial charge on any atom is -0.461 e. The molecule has 25 heavy (non-hydrogen) atoms. The van der Waals surface area contributed by atoms with Gasteiger partial charge in [-0.15, -0.1) is 0 Å². The van der Waals surface area contributed by atoms with Crippen molar-refractivity contribution >= 4 is 5.91 Å². The van der Waals surface area contributed by atoms with Crippen LogP contribution in [0.15, 0.2) is 39.6 Å². The van der Waals surface area contributed by atoms with Crippen LogP contribution in [0.25, 0.3) is 11.5 Å². The van der Waals surface area contributed by atoms with E-state index in [1.807, 2.05) is 24.7 Å². The van der Waals surface area contributed by atoms with Gasteiger partial charge in [0.1, 0.15) is 0 Å². The molecule has 3 aromatic rings. The molecule has 0 aromatic carbocycles. The zero-order valence-electron chi connectivity index (χ0n) is 15.0. The molecule has 3 aromatic heterocycles. The number of carbonyl (C=O) groups is 1. The van der Waals surface area contributed by atoms with Crippen molar-refractivity contribution in [3.05, 3.63) is 47.6 Å². The Balaban J connectivity index is 1.74. The number of hydrogen-bond donors (Lipinski definition) is 1. The molecule has 0 aliphatic carbocycles. The van der Waals surface area contributed by atoms with Crippen LogP contribution in [0.4, 0.5) is 0 Å². The van der Waals surface area contributed by atoms with E-state index in [2.05, 4.69) is 36.3 Å². The van der Waals surface area contributed by atoms with E-state index in [-0.39, 0.29) is 23.2 Å². The smallest absolute Gasteiger partial charge is 0.273 e. The fraction of sp³-hybridized carbons (Fsp3) is 0.389. The van der Waals surface area contributed by atoms with Gasteiger partial charge in [-0.1, -0.05) is 5.16 Å². The van der Waals surface area contributed by atoms with Gasteiger partial charge in [-0.05, 0) is 46.8 Å². The van der Waals surface area contributed by atoms with Gasteiger partial charge in [0, 0.05) is 17.8 Å². The van der Waals surface area contributed by atoms with Crippen molar-refractivity contribution in [2.24, 2.45) is 0 Å². The summed E-state index contributed by atoms with van der Waals surface area (Å²) in [5, 5.41) is 11.3. The highest BCUT2D eigenvalue weighted by molar-refractivity contribution is 5.93. The zero-order chi connectivity index (χ0) is 18.2. The highest BCUT2D eigenvalue weighted by atomic mass is 16.5. The number of rotatable bonds is 4. The molecule has 0 saturated heterocycles. The summed E-state index contributed by atoms with van der Waals surface area (Å²) < 4.78 is 12.3. The Kier molecular flexibility index (Phi) is 4.24. The second-order valence-corrected chi connectivity index (χ2v) is 7.03. The fourth-order valence-corrected chi connectivity index (χ4v) is 2.51. The first-order chi connectivity index (χ1) is 11.8. The number of nitrogens with zero attached hydrogens (tertiary/aromatic N) is 3. The Hall–Kier alpha value is -2.83. The molecule has 0 spiro atoms. The zero-order valence-corrected chi connectivity index (χ0v) is 15.0. The van der Waals surface area contributed by atoms with Crippen molar-refractivity contribution < 1.29 is 13.7 Å². The molecule has 7 nitrogen and oxygen atoms in total. The number of carbonyl (C=O) groups excluding carboxylic acids is 1. The molecule has 0 bridgehead atoms. The second-order valence-electron chi connectivity index (χ2n) is 7.03. The second kappa shape index (κ2) is 6.23. The van der Waals surface area contributed by atoms with Gasteiger partial charge in [0.2, 0.25) is 5.76 Å². The average Bonchev–Trinajstić information content (AvgIpc) is 3.26. The summed E-state index contributed by atoms with van der Waals surface area (Å²) in [6, 6.07) is 4.85. The summed E-state index contributed by atoms with van der Waals surface area (Å²) in [6.07, 6.45) is 3.51. The van der Waals surface area contributed by atoms with Crippen LogP contribution in [0.3, 0.4) is 0 Å². The number of amides is 1. The average molecular weight is 342 g/mol. The predicted octanol–water partition coefficient (Wildman–Crippen LogP) is 3.69. The first kappa shape index (κ1) is 17.0.